The van der Waals surface area contributed by atoms with Crippen LogP contribution in [0, 0.1) is 16.7 Å². The maximum Gasteiger partial charge on any atom is 0.312 e. The molecule has 2 fully saturated rings. The molecule has 3 aromatic heterocycles. The quantitative estimate of drug-likeness (QED) is 0.205. The summed E-state index contributed by atoms with van der Waals surface area (Å²) in [5.41, 5.74) is -11.4. The van der Waals surface area contributed by atoms with E-state index < -0.39 is 33.0 Å². The van der Waals surface area contributed by atoms with Gasteiger partial charge in [0.1, 0.15) is 49.0 Å². The highest BCUT2D eigenvalue weighted by Gasteiger charge is 2.91. The number of ether oxygens (including phenoxy) is 2. The van der Waals surface area contributed by atoms with Gasteiger partial charge in [0.25, 0.3) is 0 Å². The summed E-state index contributed by atoms with van der Waals surface area (Å²) in [6, 6.07) is 3.53. The smallest absolute Gasteiger partial charge is 0.312 e. The maximum absolute atomic E-state index is 12.1. The number of carbonyl (C=O) groups is 1. The van der Waals surface area contributed by atoms with E-state index in [9.17, 15) is 20.1 Å². The average Bonchev–Trinajstić information content (AvgIpc) is 3.14. The van der Waals surface area contributed by atoms with Crippen molar-refractivity contribution in [2.24, 2.45) is 5.41 Å². The summed E-state index contributed by atoms with van der Waals surface area (Å²) in [7, 11) is 23.3. The first-order valence-electron chi connectivity index (χ1n) is 11.8. The van der Waals surface area contributed by atoms with E-state index in [1.807, 2.05) is 0 Å². The number of aromatic nitrogens is 5. The number of nitrogens with zero attached hydrogens (tertiary/aromatic N) is 6. The fraction of sp³-hybridized carbons (Fsp3) is 0.522. The maximum atomic E-state index is 12.1. The highest BCUT2D eigenvalue weighted by Crippen LogP contribution is 2.68. The van der Waals surface area contributed by atoms with Crippen molar-refractivity contribution < 1.29 is 29.6 Å². The molecule has 2 aliphatic rings. The number of nitriles is 1. The molecular weight excluding hydrogens is 500 g/mol. The Balaban J connectivity index is 0.00000112. The Hall–Kier alpha value is -3.11. The number of carbonyl (C=O) groups excluding carboxylic acids is 1. The lowest BCUT2D eigenvalue weighted by molar-refractivity contribution is -0.156. The van der Waals surface area contributed by atoms with Crippen LogP contribution in [0.1, 0.15) is 27.7 Å². The predicted octanol–water partition coefficient (Wildman–Crippen LogP) is -1.41. The minimum Gasteiger partial charge on any atom is -0.443 e. The van der Waals surface area contributed by atoms with Gasteiger partial charge >= 0.3 is 5.97 Å². The molecule has 5 rings (SSSR count). The molecule has 3 aromatic rings. The number of hydrogen-bond donors (Lipinski definition) is 3. The van der Waals surface area contributed by atoms with Gasteiger partial charge in [0.2, 0.25) is 0 Å². The SMILES string of the molecule is CC#N.[B]C1(O)C([B])(O)C2([B])OC2(Cn2cc(-c3ncnc4c3ccn4COC(=O)C(C)(C)C)cn2)C1([B])O. The van der Waals surface area contributed by atoms with Gasteiger partial charge in [-0.2, -0.15) is 10.4 Å². The zero-order valence-corrected chi connectivity index (χ0v) is 21.9. The van der Waals surface area contributed by atoms with Gasteiger partial charge in [-0.1, -0.05) is 0 Å². The van der Waals surface area contributed by atoms with Crippen molar-refractivity contribution in [2.45, 2.75) is 68.6 Å². The molecule has 0 bridgehead atoms. The normalized spacial score (nSPS) is 33.1. The summed E-state index contributed by atoms with van der Waals surface area (Å²) in [6.07, 6.45) is 6.17. The third kappa shape index (κ3) is 3.94. The Bertz CT molecular complexity index is 1470. The third-order valence-electron chi connectivity index (χ3n) is 7.03. The number of hydrogen-bond acceptors (Lipinski definition) is 10. The molecule has 12 nitrogen and oxygen atoms in total. The average molecular weight is 524 g/mol. The van der Waals surface area contributed by atoms with Gasteiger partial charge in [0, 0.05) is 30.3 Å². The van der Waals surface area contributed by atoms with Crippen LogP contribution in [0.2, 0.25) is 0 Å². The predicted molar refractivity (Wildman–Crippen MR) is 140 cm³/mol. The Morgan fingerprint density at radius 2 is 1.79 bits per heavy atom. The van der Waals surface area contributed by atoms with Crippen LogP contribution < -0.4 is 0 Å². The van der Waals surface area contributed by atoms with Gasteiger partial charge in [0.05, 0.1) is 51.9 Å². The number of fused-ring (bicyclic) bond motifs is 2. The molecule has 1 saturated heterocycles. The molecule has 16 heteroatoms. The number of rotatable bonds is 5. The number of esters is 1. The van der Waals surface area contributed by atoms with E-state index in [1.165, 1.54) is 24.1 Å². The molecule has 194 valence electrons. The second kappa shape index (κ2) is 8.96. The highest BCUT2D eigenvalue weighted by atomic mass is 16.7. The summed E-state index contributed by atoms with van der Waals surface area (Å²) in [5.74, 6) is -0.349. The van der Waals surface area contributed by atoms with Crippen molar-refractivity contribution in [3.8, 4) is 17.3 Å². The van der Waals surface area contributed by atoms with Crippen molar-refractivity contribution in [2.75, 3.05) is 0 Å². The van der Waals surface area contributed by atoms with E-state index in [4.69, 9.17) is 46.1 Å². The lowest BCUT2D eigenvalue weighted by Crippen LogP contribution is -2.70. The van der Waals surface area contributed by atoms with Gasteiger partial charge in [-0.15, -0.1) is 0 Å². The molecule has 0 amide bonds. The van der Waals surface area contributed by atoms with Gasteiger partial charge in [-0.05, 0) is 26.8 Å². The van der Waals surface area contributed by atoms with Crippen molar-refractivity contribution in [1.82, 2.24) is 24.3 Å². The molecule has 1 aliphatic carbocycles. The molecule has 8 radical (unpaired) electrons. The minimum atomic E-state index is -2.87. The van der Waals surface area contributed by atoms with Crippen LogP contribution in [0.4, 0.5) is 0 Å². The van der Waals surface area contributed by atoms with Gasteiger partial charge in [0.15, 0.2) is 6.73 Å². The van der Waals surface area contributed by atoms with Gasteiger partial charge < -0.3 is 24.8 Å². The van der Waals surface area contributed by atoms with E-state index in [2.05, 4.69) is 15.1 Å². The molecular formula is C23H24B4N6O6. The Morgan fingerprint density at radius 3 is 2.36 bits per heavy atom. The van der Waals surface area contributed by atoms with Crippen LogP contribution in [-0.4, -0.2) is 105 Å². The third-order valence-corrected chi connectivity index (χ3v) is 7.03. The first-order valence-corrected chi connectivity index (χ1v) is 11.8. The fourth-order valence-electron chi connectivity index (χ4n) is 4.63. The summed E-state index contributed by atoms with van der Waals surface area (Å²) < 4.78 is 13.8. The van der Waals surface area contributed by atoms with Crippen LogP contribution in [0.3, 0.4) is 0 Å². The Kier molecular flexibility index (Phi) is 6.63. The molecule has 5 unspecified atom stereocenters. The van der Waals surface area contributed by atoms with Crippen molar-refractivity contribution in [1.29, 1.82) is 5.26 Å². The van der Waals surface area contributed by atoms with Crippen LogP contribution in [0.15, 0.2) is 31.0 Å². The number of aliphatic hydroxyl groups is 3. The molecule has 0 aromatic carbocycles. The molecule has 4 heterocycles. The molecule has 5 atom stereocenters. The molecule has 0 spiro atoms. The second-order valence-corrected chi connectivity index (χ2v) is 10.7. The van der Waals surface area contributed by atoms with Gasteiger partial charge in [-0.3, -0.25) is 14.0 Å². The summed E-state index contributed by atoms with van der Waals surface area (Å²) >= 11 is 0. The second-order valence-electron chi connectivity index (χ2n) is 10.7. The lowest BCUT2D eigenvalue weighted by Gasteiger charge is -2.46. The molecule has 1 aliphatic heterocycles. The molecule has 39 heavy (non-hydrogen) atoms. The summed E-state index contributed by atoms with van der Waals surface area (Å²) in [6.45, 7) is 6.41. The minimum absolute atomic E-state index is 0.0210. The fourth-order valence-corrected chi connectivity index (χ4v) is 4.63. The summed E-state index contributed by atoms with van der Waals surface area (Å²) in [5, 5.41) is 44.1. The number of epoxide rings is 1. The van der Waals surface area contributed by atoms with E-state index in [0.29, 0.717) is 22.3 Å². The van der Waals surface area contributed by atoms with Crippen LogP contribution in [0.5, 0.6) is 0 Å². The van der Waals surface area contributed by atoms with E-state index in [-0.39, 0.29) is 19.2 Å². The Morgan fingerprint density at radius 1 is 1.15 bits per heavy atom. The first kappa shape index (κ1) is 28.9. The monoisotopic (exact) mass is 524 g/mol. The van der Waals surface area contributed by atoms with Crippen molar-refractivity contribution >= 4 is 48.4 Å². The first-order chi connectivity index (χ1) is 17.9. The zero-order valence-electron chi connectivity index (χ0n) is 21.9. The van der Waals surface area contributed by atoms with Crippen molar-refractivity contribution in [3.05, 3.63) is 31.0 Å². The summed E-state index contributed by atoms with van der Waals surface area (Å²) in [4.78, 5) is 20.8. The van der Waals surface area contributed by atoms with E-state index in [1.54, 1.807) is 49.9 Å². The molecule has 3 N–H and O–H groups in total. The highest BCUT2D eigenvalue weighted by molar-refractivity contribution is 6.39. The zero-order chi connectivity index (χ0) is 29.2. The standard InChI is InChI=1S/C21H21B4N5O6.C2H3N/c1-16(2,3)15(31)35-10-29-5-4-12-13(26-9-27-14(12)29)11-6-28-30(7-11)8-17-18(22,32)19(23,33)20(24,34)21(17,25)36-17;1-2-3/h4-7,9,32-34H,8,10H2,1-3H3;1H3. The van der Waals surface area contributed by atoms with Crippen molar-refractivity contribution in [3.63, 3.8) is 0 Å². The van der Waals surface area contributed by atoms with Gasteiger partial charge in [-0.25, -0.2) is 9.97 Å². The lowest BCUT2D eigenvalue weighted by atomic mass is 9.48. The topological polar surface area (TPSA) is 172 Å². The largest absolute Gasteiger partial charge is 0.443 e. The van der Waals surface area contributed by atoms with Crippen LogP contribution in [0.25, 0.3) is 22.3 Å². The Labute approximate surface area is 230 Å². The molecule has 1 saturated carbocycles. The van der Waals surface area contributed by atoms with E-state index in [0.717, 1.165) is 0 Å². The van der Waals surface area contributed by atoms with E-state index >= 15 is 0 Å². The van der Waals surface area contributed by atoms with Crippen LogP contribution in [-0.2, 0) is 27.5 Å². The van der Waals surface area contributed by atoms with Crippen LogP contribution >= 0.6 is 0 Å².